The van der Waals surface area contributed by atoms with Gasteiger partial charge >= 0.3 is 6.03 Å². The quantitative estimate of drug-likeness (QED) is 0.553. The third kappa shape index (κ3) is 4.34. The van der Waals surface area contributed by atoms with E-state index in [1.165, 1.54) is 11.3 Å². The summed E-state index contributed by atoms with van der Waals surface area (Å²) in [4.78, 5) is 28.0. The van der Waals surface area contributed by atoms with Gasteiger partial charge in [-0.05, 0) is 46.3 Å². The van der Waals surface area contributed by atoms with E-state index in [-0.39, 0.29) is 11.9 Å². The van der Waals surface area contributed by atoms with Crippen molar-refractivity contribution in [3.05, 3.63) is 46.9 Å². The van der Waals surface area contributed by atoms with Gasteiger partial charge in [0.25, 0.3) is 0 Å². The molecular formula is C17H15BrN4O2S. The van der Waals surface area contributed by atoms with E-state index in [1.807, 2.05) is 30.3 Å². The molecule has 0 bridgehead atoms. The van der Waals surface area contributed by atoms with Gasteiger partial charge in [-0.2, -0.15) is 0 Å². The molecule has 3 rings (SSSR count). The fourth-order valence-corrected chi connectivity index (χ4v) is 3.42. The van der Waals surface area contributed by atoms with Crippen molar-refractivity contribution in [2.24, 2.45) is 0 Å². The number of para-hydroxylation sites is 1. The average Bonchev–Trinajstić information content (AvgIpc) is 2.98. The van der Waals surface area contributed by atoms with E-state index < -0.39 is 0 Å². The van der Waals surface area contributed by atoms with Gasteiger partial charge in [-0.15, -0.1) is 0 Å². The molecule has 0 saturated carbocycles. The lowest BCUT2D eigenvalue weighted by Gasteiger charge is -2.08. The van der Waals surface area contributed by atoms with Crippen molar-refractivity contribution in [1.29, 1.82) is 0 Å². The minimum atomic E-state index is -0.338. The number of fused-ring (bicyclic) bond motifs is 1. The average molecular weight is 419 g/mol. The molecule has 3 N–H and O–H groups in total. The predicted molar refractivity (Wildman–Crippen MR) is 105 cm³/mol. The van der Waals surface area contributed by atoms with Gasteiger partial charge in [0.15, 0.2) is 5.13 Å². The van der Waals surface area contributed by atoms with Crippen LogP contribution in [0.3, 0.4) is 0 Å². The maximum Gasteiger partial charge on any atom is 0.323 e. The van der Waals surface area contributed by atoms with Crippen molar-refractivity contribution < 1.29 is 9.59 Å². The Hall–Kier alpha value is -2.45. The van der Waals surface area contributed by atoms with Crippen LogP contribution in [0.4, 0.5) is 21.3 Å². The summed E-state index contributed by atoms with van der Waals surface area (Å²) in [5.74, 6) is -0.0785. The van der Waals surface area contributed by atoms with E-state index in [0.29, 0.717) is 22.9 Å². The van der Waals surface area contributed by atoms with Crippen LogP contribution in [-0.2, 0) is 4.79 Å². The second-order valence-electron chi connectivity index (χ2n) is 5.16. The molecule has 0 fully saturated rings. The number of carbonyl (C=O) groups is 2. The molecule has 0 saturated heterocycles. The second kappa shape index (κ2) is 7.62. The number of nitrogens with zero attached hydrogens (tertiary/aromatic N) is 1. The Kier molecular flexibility index (Phi) is 5.30. The Morgan fingerprint density at radius 2 is 1.92 bits per heavy atom. The Balaban J connectivity index is 1.72. The number of hydrogen-bond donors (Lipinski definition) is 3. The normalized spacial score (nSPS) is 10.5. The number of thiazole rings is 1. The number of urea groups is 1. The fraction of sp³-hybridized carbons (Fsp3) is 0.118. The van der Waals surface area contributed by atoms with Crippen molar-refractivity contribution in [2.45, 2.75) is 13.3 Å². The summed E-state index contributed by atoms with van der Waals surface area (Å²) >= 11 is 4.75. The van der Waals surface area contributed by atoms with Crippen molar-refractivity contribution in [3.63, 3.8) is 0 Å². The maximum absolute atomic E-state index is 12.1. The number of anilines is 3. The first-order chi connectivity index (χ1) is 12.0. The molecule has 3 aromatic rings. The predicted octanol–water partition coefficient (Wildman–Crippen LogP) is 5.05. The Morgan fingerprint density at radius 3 is 2.68 bits per heavy atom. The SMILES string of the molecule is CCC(=O)Nc1nc2ccc(NC(=O)Nc3ccccc3Br)cc2s1. The molecule has 0 radical (unpaired) electrons. The van der Waals surface area contributed by atoms with E-state index >= 15 is 0 Å². The highest BCUT2D eigenvalue weighted by Crippen LogP contribution is 2.28. The highest BCUT2D eigenvalue weighted by Gasteiger charge is 2.09. The number of rotatable bonds is 4. The first-order valence-electron chi connectivity index (χ1n) is 7.58. The van der Waals surface area contributed by atoms with Crippen LogP contribution in [0.25, 0.3) is 10.2 Å². The molecule has 8 heteroatoms. The van der Waals surface area contributed by atoms with E-state index in [2.05, 4.69) is 36.9 Å². The van der Waals surface area contributed by atoms with Crippen molar-refractivity contribution in [2.75, 3.05) is 16.0 Å². The highest BCUT2D eigenvalue weighted by molar-refractivity contribution is 9.10. The molecule has 25 heavy (non-hydrogen) atoms. The zero-order chi connectivity index (χ0) is 17.8. The van der Waals surface area contributed by atoms with E-state index in [4.69, 9.17) is 0 Å². The van der Waals surface area contributed by atoms with Crippen LogP contribution < -0.4 is 16.0 Å². The lowest BCUT2D eigenvalue weighted by atomic mass is 10.3. The van der Waals surface area contributed by atoms with Crippen molar-refractivity contribution in [1.82, 2.24) is 4.98 Å². The minimum Gasteiger partial charge on any atom is -0.308 e. The molecule has 6 nitrogen and oxygen atoms in total. The molecule has 0 unspecified atom stereocenters. The zero-order valence-electron chi connectivity index (χ0n) is 13.3. The van der Waals surface area contributed by atoms with Crippen LogP contribution in [0.5, 0.6) is 0 Å². The summed E-state index contributed by atoms with van der Waals surface area (Å²) in [5.41, 5.74) is 2.10. The zero-order valence-corrected chi connectivity index (χ0v) is 15.7. The summed E-state index contributed by atoms with van der Waals surface area (Å²) in [6.45, 7) is 1.79. The Bertz CT molecular complexity index is 941. The first-order valence-corrected chi connectivity index (χ1v) is 9.19. The molecule has 128 valence electrons. The van der Waals surface area contributed by atoms with Gasteiger partial charge in [0.2, 0.25) is 5.91 Å². The third-order valence-electron chi connectivity index (χ3n) is 3.34. The number of benzene rings is 2. The Morgan fingerprint density at radius 1 is 1.12 bits per heavy atom. The molecule has 1 heterocycles. The van der Waals surface area contributed by atoms with Crippen LogP contribution in [0.2, 0.25) is 0 Å². The van der Waals surface area contributed by atoms with Crippen LogP contribution >= 0.6 is 27.3 Å². The molecule has 3 amide bonds. The molecule has 1 aromatic heterocycles. The number of amides is 3. The van der Waals surface area contributed by atoms with E-state index in [0.717, 1.165) is 14.7 Å². The van der Waals surface area contributed by atoms with Gasteiger partial charge in [0.1, 0.15) is 0 Å². The second-order valence-corrected chi connectivity index (χ2v) is 7.05. The number of hydrogen-bond acceptors (Lipinski definition) is 4. The van der Waals surface area contributed by atoms with E-state index in [9.17, 15) is 9.59 Å². The van der Waals surface area contributed by atoms with Gasteiger partial charge in [0.05, 0.1) is 15.9 Å². The van der Waals surface area contributed by atoms with Crippen LogP contribution in [0.15, 0.2) is 46.9 Å². The number of carbonyl (C=O) groups excluding carboxylic acids is 2. The Labute approximate surface area is 156 Å². The van der Waals surface area contributed by atoms with Crippen molar-refractivity contribution >= 4 is 65.9 Å². The van der Waals surface area contributed by atoms with Gasteiger partial charge in [0, 0.05) is 16.6 Å². The molecule has 0 aliphatic carbocycles. The highest BCUT2D eigenvalue weighted by atomic mass is 79.9. The minimum absolute atomic E-state index is 0.0785. The number of aromatic nitrogens is 1. The van der Waals surface area contributed by atoms with E-state index in [1.54, 1.807) is 19.1 Å². The molecule has 0 aliphatic rings. The molecular weight excluding hydrogens is 404 g/mol. The van der Waals surface area contributed by atoms with Gasteiger partial charge in [-0.25, -0.2) is 9.78 Å². The smallest absolute Gasteiger partial charge is 0.308 e. The molecule has 0 spiro atoms. The van der Waals surface area contributed by atoms with Crippen molar-refractivity contribution in [3.8, 4) is 0 Å². The third-order valence-corrected chi connectivity index (χ3v) is 4.96. The largest absolute Gasteiger partial charge is 0.323 e. The lowest BCUT2D eigenvalue weighted by molar-refractivity contribution is -0.115. The fourth-order valence-electron chi connectivity index (χ4n) is 2.11. The standard InChI is InChI=1S/C17H15BrN4O2S/c1-2-15(23)22-17-21-13-8-7-10(9-14(13)25-17)19-16(24)20-12-6-4-3-5-11(12)18/h3-9H,2H2,1H3,(H2,19,20,24)(H,21,22,23). The summed E-state index contributed by atoms with van der Waals surface area (Å²) in [5, 5.41) is 8.87. The molecule has 0 atom stereocenters. The molecule has 2 aromatic carbocycles. The number of halogens is 1. The van der Waals surface area contributed by atoms with Gasteiger partial charge in [-0.1, -0.05) is 30.4 Å². The summed E-state index contributed by atoms with van der Waals surface area (Å²) in [6.07, 6.45) is 0.401. The summed E-state index contributed by atoms with van der Waals surface area (Å²) in [6, 6.07) is 12.4. The lowest BCUT2D eigenvalue weighted by Crippen LogP contribution is -2.19. The summed E-state index contributed by atoms with van der Waals surface area (Å²) < 4.78 is 1.68. The first kappa shape index (κ1) is 17.4. The topological polar surface area (TPSA) is 83.1 Å². The summed E-state index contributed by atoms with van der Waals surface area (Å²) in [7, 11) is 0. The number of nitrogens with one attached hydrogen (secondary N) is 3. The van der Waals surface area contributed by atoms with Gasteiger partial charge in [-0.3, -0.25) is 4.79 Å². The van der Waals surface area contributed by atoms with Crippen LogP contribution in [-0.4, -0.2) is 16.9 Å². The monoisotopic (exact) mass is 418 g/mol. The molecule has 0 aliphatic heterocycles. The van der Waals surface area contributed by atoms with Crippen LogP contribution in [0, 0.1) is 0 Å². The maximum atomic E-state index is 12.1. The van der Waals surface area contributed by atoms with Gasteiger partial charge < -0.3 is 16.0 Å². The van der Waals surface area contributed by atoms with Crippen LogP contribution in [0.1, 0.15) is 13.3 Å².